The Morgan fingerprint density at radius 2 is 1.71 bits per heavy atom. The van der Waals surface area contributed by atoms with Crippen molar-refractivity contribution in [3.63, 3.8) is 0 Å². The highest BCUT2D eigenvalue weighted by Crippen LogP contribution is 2.29. The van der Waals surface area contributed by atoms with Gasteiger partial charge in [-0.05, 0) is 29.7 Å². The highest BCUT2D eigenvalue weighted by atomic mass is 16.6. The Kier molecular flexibility index (Phi) is 5.96. The predicted octanol–water partition coefficient (Wildman–Crippen LogP) is 4.25. The molecule has 0 saturated heterocycles. The van der Waals surface area contributed by atoms with Crippen molar-refractivity contribution in [2.24, 2.45) is 0 Å². The van der Waals surface area contributed by atoms with Crippen LogP contribution in [0.2, 0.25) is 0 Å². The molecular weight excluding hydrogens is 360 g/mol. The normalized spacial score (nSPS) is 10.4. The van der Waals surface area contributed by atoms with Gasteiger partial charge in [0.2, 0.25) is 5.88 Å². The number of pyridine rings is 1. The zero-order valence-corrected chi connectivity index (χ0v) is 14.9. The third-order valence-electron chi connectivity index (χ3n) is 4.14. The van der Waals surface area contributed by atoms with Crippen LogP contribution in [0.1, 0.15) is 17.5 Å². The average Bonchev–Trinajstić information content (AvgIpc) is 2.71. The summed E-state index contributed by atoms with van der Waals surface area (Å²) in [5.74, 6) is -0.456. The number of benzene rings is 2. The van der Waals surface area contributed by atoms with Gasteiger partial charge in [-0.25, -0.2) is 4.98 Å². The van der Waals surface area contributed by atoms with E-state index in [4.69, 9.17) is 9.84 Å². The maximum absolute atomic E-state index is 11.2. The molecule has 3 rings (SSSR count). The molecule has 7 nitrogen and oxygen atoms in total. The molecule has 0 saturated carbocycles. The number of aliphatic carboxylic acids is 1. The van der Waals surface area contributed by atoms with Crippen LogP contribution in [0.25, 0.3) is 11.3 Å². The Labute approximate surface area is 161 Å². The lowest BCUT2D eigenvalue weighted by Crippen LogP contribution is -2.00. The fourth-order valence-electron chi connectivity index (χ4n) is 2.71. The molecule has 0 unspecified atom stereocenters. The van der Waals surface area contributed by atoms with Gasteiger partial charge in [-0.1, -0.05) is 42.5 Å². The van der Waals surface area contributed by atoms with Gasteiger partial charge < -0.3 is 9.84 Å². The molecule has 0 aliphatic rings. The van der Waals surface area contributed by atoms with Crippen molar-refractivity contribution in [3.05, 3.63) is 88.0 Å². The fourth-order valence-corrected chi connectivity index (χ4v) is 2.71. The van der Waals surface area contributed by atoms with Crippen molar-refractivity contribution in [2.45, 2.75) is 19.4 Å². The standard InChI is InChI=1S/C21H18N2O5/c24-21(25)13-12-15-8-10-16(11-9-15)14-28-20-7-3-5-18(22-20)17-4-1-2-6-19(17)23(26)27/h1-11H,12-14H2,(H,24,25). The Morgan fingerprint density at radius 3 is 2.43 bits per heavy atom. The van der Waals surface area contributed by atoms with Crippen molar-refractivity contribution in [2.75, 3.05) is 0 Å². The number of rotatable bonds is 8. The first-order valence-electron chi connectivity index (χ1n) is 8.66. The summed E-state index contributed by atoms with van der Waals surface area (Å²) in [5, 5.41) is 19.9. The van der Waals surface area contributed by atoms with Gasteiger partial charge in [0.1, 0.15) is 6.61 Å². The first-order chi connectivity index (χ1) is 13.5. The van der Waals surface area contributed by atoms with Crippen LogP contribution in [-0.2, 0) is 17.8 Å². The molecule has 7 heteroatoms. The molecule has 0 atom stereocenters. The molecular formula is C21H18N2O5. The van der Waals surface area contributed by atoms with Crippen molar-refractivity contribution < 1.29 is 19.6 Å². The molecule has 0 aliphatic carbocycles. The van der Waals surface area contributed by atoms with Gasteiger partial charge in [0, 0.05) is 18.6 Å². The van der Waals surface area contributed by atoms with E-state index < -0.39 is 10.9 Å². The smallest absolute Gasteiger partial charge is 0.303 e. The molecule has 0 fully saturated rings. The van der Waals surface area contributed by atoms with E-state index in [0.717, 1.165) is 11.1 Å². The van der Waals surface area contributed by atoms with Gasteiger partial charge in [0.15, 0.2) is 0 Å². The second kappa shape index (κ2) is 8.77. The Morgan fingerprint density at radius 1 is 1.00 bits per heavy atom. The highest BCUT2D eigenvalue weighted by molar-refractivity contribution is 5.70. The van der Waals surface area contributed by atoms with Crippen molar-refractivity contribution in [3.8, 4) is 17.1 Å². The van der Waals surface area contributed by atoms with Crippen LogP contribution in [0.4, 0.5) is 5.69 Å². The summed E-state index contributed by atoms with van der Waals surface area (Å²) >= 11 is 0. The highest BCUT2D eigenvalue weighted by Gasteiger charge is 2.15. The SMILES string of the molecule is O=C(O)CCc1ccc(COc2cccc(-c3ccccc3[N+](=O)[O-])n2)cc1. The van der Waals surface area contributed by atoms with Crippen molar-refractivity contribution >= 4 is 11.7 Å². The van der Waals surface area contributed by atoms with E-state index >= 15 is 0 Å². The number of ether oxygens (including phenoxy) is 1. The number of aryl methyl sites for hydroxylation is 1. The number of nitro benzene ring substituents is 1. The molecule has 3 aromatic rings. The van der Waals surface area contributed by atoms with Crippen LogP contribution in [0, 0.1) is 10.1 Å². The van der Waals surface area contributed by atoms with Gasteiger partial charge in [-0.3, -0.25) is 14.9 Å². The minimum absolute atomic E-state index is 0.0101. The molecule has 0 bridgehead atoms. The van der Waals surface area contributed by atoms with Gasteiger partial charge in [-0.15, -0.1) is 0 Å². The quantitative estimate of drug-likeness (QED) is 0.464. The van der Waals surface area contributed by atoms with Crippen molar-refractivity contribution in [1.29, 1.82) is 0 Å². The van der Waals surface area contributed by atoms with E-state index in [1.54, 1.807) is 36.4 Å². The minimum atomic E-state index is -0.822. The molecule has 2 aromatic carbocycles. The van der Waals surface area contributed by atoms with E-state index in [1.165, 1.54) is 6.07 Å². The summed E-state index contributed by atoms with van der Waals surface area (Å²) in [6, 6.07) is 19.1. The van der Waals surface area contributed by atoms with Gasteiger partial charge in [-0.2, -0.15) is 0 Å². The summed E-state index contributed by atoms with van der Waals surface area (Å²) in [6.07, 6.45) is 0.577. The second-order valence-corrected chi connectivity index (χ2v) is 6.13. The summed E-state index contributed by atoms with van der Waals surface area (Å²) in [5.41, 5.74) is 2.75. The molecule has 0 spiro atoms. The number of aromatic nitrogens is 1. The summed E-state index contributed by atoms with van der Waals surface area (Å²) in [7, 11) is 0. The third-order valence-corrected chi connectivity index (χ3v) is 4.14. The molecule has 0 aliphatic heterocycles. The number of nitrogens with zero attached hydrogens (tertiary/aromatic N) is 2. The summed E-state index contributed by atoms with van der Waals surface area (Å²) in [4.78, 5) is 25.8. The fraction of sp³-hybridized carbons (Fsp3) is 0.143. The monoisotopic (exact) mass is 378 g/mol. The second-order valence-electron chi connectivity index (χ2n) is 6.13. The first kappa shape index (κ1) is 19.0. The third kappa shape index (κ3) is 4.91. The van der Waals surface area contributed by atoms with E-state index in [-0.39, 0.29) is 18.7 Å². The number of nitro groups is 1. The number of para-hydroxylation sites is 1. The first-order valence-corrected chi connectivity index (χ1v) is 8.66. The lowest BCUT2D eigenvalue weighted by Gasteiger charge is -2.08. The number of hydrogen-bond donors (Lipinski definition) is 1. The molecule has 0 amide bonds. The van der Waals surface area contributed by atoms with Crippen LogP contribution < -0.4 is 4.74 Å². The topological polar surface area (TPSA) is 103 Å². The van der Waals surface area contributed by atoms with Gasteiger partial charge in [0.25, 0.3) is 5.69 Å². The summed E-state index contributed by atoms with van der Waals surface area (Å²) < 4.78 is 5.72. The number of carboxylic acids is 1. The van der Waals surface area contributed by atoms with Crippen molar-refractivity contribution in [1.82, 2.24) is 4.98 Å². The molecule has 1 aromatic heterocycles. The lowest BCUT2D eigenvalue weighted by atomic mass is 10.1. The zero-order chi connectivity index (χ0) is 19.9. The maximum atomic E-state index is 11.2. The zero-order valence-electron chi connectivity index (χ0n) is 14.9. The number of carboxylic acid groups (broad SMARTS) is 1. The average molecular weight is 378 g/mol. The van der Waals surface area contributed by atoms with Crippen LogP contribution in [0.15, 0.2) is 66.7 Å². The largest absolute Gasteiger partial charge is 0.481 e. The minimum Gasteiger partial charge on any atom is -0.481 e. The molecule has 0 radical (unpaired) electrons. The van der Waals surface area contributed by atoms with Gasteiger partial charge >= 0.3 is 5.97 Å². The van der Waals surface area contributed by atoms with E-state index in [2.05, 4.69) is 4.98 Å². The predicted molar refractivity (Wildman–Crippen MR) is 103 cm³/mol. The van der Waals surface area contributed by atoms with E-state index in [1.807, 2.05) is 24.3 Å². The summed E-state index contributed by atoms with van der Waals surface area (Å²) in [6.45, 7) is 0.284. The lowest BCUT2D eigenvalue weighted by molar-refractivity contribution is -0.384. The van der Waals surface area contributed by atoms with Gasteiger partial charge in [0.05, 0.1) is 16.2 Å². The molecule has 1 heterocycles. The Hall–Kier alpha value is -3.74. The van der Waals surface area contributed by atoms with Crippen LogP contribution >= 0.6 is 0 Å². The Bertz CT molecular complexity index is 986. The van der Waals surface area contributed by atoms with Crippen LogP contribution in [0.5, 0.6) is 5.88 Å². The molecule has 28 heavy (non-hydrogen) atoms. The number of carbonyl (C=O) groups is 1. The maximum Gasteiger partial charge on any atom is 0.303 e. The molecule has 142 valence electrons. The number of hydrogen-bond acceptors (Lipinski definition) is 5. The molecule has 1 N–H and O–H groups in total. The van der Waals surface area contributed by atoms with E-state index in [9.17, 15) is 14.9 Å². The van der Waals surface area contributed by atoms with Crippen LogP contribution in [0.3, 0.4) is 0 Å². The van der Waals surface area contributed by atoms with Crippen LogP contribution in [-0.4, -0.2) is 21.0 Å². The Balaban J connectivity index is 1.69. The van der Waals surface area contributed by atoms with E-state index in [0.29, 0.717) is 23.6 Å².